The number of pyridine rings is 1. The molecule has 4 aromatic rings. The van der Waals surface area contributed by atoms with Gasteiger partial charge in [0.25, 0.3) is 0 Å². The minimum Gasteiger partial charge on any atom is -0.374 e. The zero-order valence-electron chi connectivity index (χ0n) is 29.2. The maximum atomic E-state index is 12.8. The summed E-state index contributed by atoms with van der Waals surface area (Å²) in [6.45, 7) is 1.47. The van der Waals surface area contributed by atoms with Crippen LogP contribution in [0.5, 0.6) is 0 Å². The molecule has 0 aliphatic rings. The van der Waals surface area contributed by atoms with Crippen LogP contribution in [0.25, 0.3) is 18.2 Å². The molecule has 0 unspecified atom stereocenters. The molecule has 0 bridgehead atoms. The molecule has 3 aromatic carbocycles. The van der Waals surface area contributed by atoms with Crippen LogP contribution < -0.4 is 14.4 Å². The molecule has 256 valence electrons. The number of aromatic nitrogens is 1. The second-order valence-electron chi connectivity index (χ2n) is 11.5. The van der Waals surface area contributed by atoms with Crippen molar-refractivity contribution in [3.63, 3.8) is 0 Å². The maximum absolute atomic E-state index is 12.8. The topological polar surface area (TPSA) is 56.9 Å². The summed E-state index contributed by atoms with van der Waals surface area (Å²) < 4.78 is 2.08. The predicted octanol–water partition coefficient (Wildman–Crippen LogP) is 8.53. The molecule has 0 atom stereocenters. The number of benzene rings is 3. The predicted molar refractivity (Wildman–Crippen MR) is 218 cm³/mol. The lowest BCUT2D eigenvalue weighted by Crippen LogP contribution is -2.30. The number of thioether (sulfide) groups is 2. The average molecular weight is 702 g/mol. The number of hydrogen-bond acceptors (Lipinski definition) is 7. The zero-order chi connectivity index (χ0) is 35.6. The van der Waals surface area contributed by atoms with Crippen molar-refractivity contribution < 1.29 is 14.2 Å². The third-order valence-corrected chi connectivity index (χ3v) is 9.62. The molecule has 0 radical (unpaired) electrons. The van der Waals surface area contributed by atoms with Gasteiger partial charge in [-0.15, -0.1) is 0 Å². The fourth-order valence-corrected chi connectivity index (χ4v) is 6.49. The van der Waals surface area contributed by atoms with Crippen LogP contribution in [0.15, 0.2) is 133 Å². The number of anilines is 2. The summed E-state index contributed by atoms with van der Waals surface area (Å²) in [4.78, 5) is 33.9. The standard InChI is InChI=1S/C42H45N4O2S2/c1-43-28-10-7-5-6-8-12-34-14-24-39(25-15-34)45(3)30-32-49-41(47)36-19-21-37(22-20-36)42(48)50-33-31-46(4)40-26-17-35(18-27-40)16-23-38-13-9-11-29-44(38)2/h5-29H,30-33H2,1-4H3/q+1/b6-5+,10-7-,12-8+,43-28+. The molecule has 1 heterocycles. The minimum atomic E-state index is 0.00705. The van der Waals surface area contributed by atoms with E-state index in [1.54, 1.807) is 37.5 Å². The van der Waals surface area contributed by atoms with E-state index in [0.717, 1.165) is 41.3 Å². The highest BCUT2D eigenvalue weighted by Crippen LogP contribution is 2.21. The van der Waals surface area contributed by atoms with Gasteiger partial charge in [-0.1, -0.05) is 78.2 Å². The highest BCUT2D eigenvalue weighted by molar-refractivity contribution is 8.14. The number of rotatable bonds is 16. The van der Waals surface area contributed by atoms with Gasteiger partial charge in [-0.05, 0) is 77.9 Å². The van der Waals surface area contributed by atoms with Gasteiger partial charge in [0.15, 0.2) is 6.20 Å². The van der Waals surface area contributed by atoms with E-state index in [1.165, 1.54) is 23.5 Å². The minimum absolute atomic E-state index is 0.00705. The Morgan fingerprint density at radius 3 is 1.66 bits per heavy atom. The lowest BCUT2D eigenvalue weighted by Gasteiger charge is -2.19. The van der Waals surface area contributed by atoms with E-state index in [4.69, 9.17) is 0 Å². The van der Waals surface area contributed by atoms with E-state index in [1.807, 2.05) is 69.9 Å². The Morgan fingerprint density at radius 1 is 0.640 bits per heavy atom. The van der Waals surface area contributed by atoms with Crippen molar-refractivity contribution in [2.45, 2.75) is 0 Å². The Balaban J connectivity index is 1.15. The van der Waals surface area contributed by atoms with Crippen LogP contribution >= 0.6 is 23.5 Å². The van der Waals surface area contributed by atoms with E-state index in [9.17, 15) is 9.59 Å². The molecule has 8 heteroatoms. The van der Waals surface area contributed by atoms with Gasteiger partial charge in [0, 0.05) is 92.7 Å². The fraction of sp³-hybridized carbons (Fsp3) is 0.190. The molecule has 0 amide bonds. The molecule has 0 aliphatic carbocycles. The first kappa shape index (κ1) is 37.9. The van der Waals surface area contributed by atoms with Crippen LogP contribution in [-0.2, 0) is 7.05 Å². The molecule has 0 fully saturated rings. The molecule has 0 aliphatic heterocycles. The summed E-state index contributed by atoms with van der Waals surface area (Å²) >= 11 is 2.59. The van der Waals surface area contributed by atoms with Crippen molar-refractivity contribution >= 4 is 69.6 Å². The molecule has 1 aromatic heterocycles. The summed E-state index contributed by atoms with van der Waals surface area (Å²) in [6, 6.07) is 29.9. The van der Waals surface area contributed by atoms with Crippen molar-refractivity contribution in [2.24, 2.45) is 12.0 Å². The highest BCUT2D eigenvalue weighted by Gasteiger charge is 2.12. The summed E-state index contributed by atoms with van der Waals surface area (Å²) in [5, 5.41) is 0.0156. The first-order valence-electron chi connectivity index (χ1n) is 16.5. The van der Waals surface area contributed by atoms with Gasteiger partial charge >= 0.3 is 0 Å². The Labute approximate surface area is 305 Å². The first-order chi connectivity index (χ1) is 24.3. The summed E-state index contributed by atoms with van der Waals surface area (Å²) in [6.07, 6.45) is 19.8. The Hall–Kier alpha value is -4.92. The van der Waals surface area contributed by atoms with Crippen LogP contribution in [0.2, 0.25) is 0 Å². The molecular weight excluding hydrogens is 657 g/mol. The van der Waals surface area contributed by atoms with Crippen LogP contribution in [0.4, 0.5) is 11.4 Å². The third kappa shape index (κ3) is 12.5. The summed E-state index contributed by atoms with van der Waals surface area (Å²) in [5.41, 5.74) is 6.79. The number of aliphatic imine (C=N–C) groups is 1. The van der Waals surface area contributed by atoms with Crippen molar-refractivity contribution in [3.05, 3.63) is 156 Å². The summed E-state index contributed by atoms with van der Waals surface area (Å²) in [5.74, 6) is 1.32. The second kappa shape index (κ2) is 20.6. The molecule has 0 saturated heterocycles. The Bertz CT molecular complexity index is 1830. The van der Waals surface area contributed by atoms with Gasteiger partial charge in [-0.25, -0.2) is 4.57 Å². The highest BCUT2D eigenvalue weighted by atomic mass is 32.2. The molecule has 4 rings (SSSR count). The van der Waals surface area contributed by atoms with Crippen LogP contribution in [0.1, 0.15) is 37.5 Å². The number of nitrogens with zero attached hydrogens (tertiary/aromatic N) is 4. The number of hydrogen-bond donors (Lipinski definition) is 0. The van der Waals surface area contributed by atoms with E-state index in [2.05, 4.69) is 92.2 Å². The van der Waals surface area contributed by atoms with Gasteiger partial charge in [0.1, 0.15) is 7.05 Å². The van der Waals surface area contributed by atoms with Crippen molar-refractivity contribution in [3.8, 4) is 0 Å². The first-order valence-corrected chi connectivity index (χ1v) is 18.4. The molecule has 6 nitrogen and oxygen atoms in total. The van der Waals surface area contributed by atoms with Crippen LogP contribution in [0.3, 0.4) is 0 Å². The van der Waals surface area contributed by atoms with Crippen LogP contribution in [-0.4, -0.2) is 62.2 Å². The third-order valence-electron chi connectivity index (χ3n) is 7.85. The largest absolute Gasteiger partial charge is 0.374 e. The lowest BCUT2D eigenvalue weighted by atomic mass is 10.1. The van der Waals surface area contributed by atoms with Gasteiger partial charge in [0.2, 0.25) is 15.9 Å². The van der Waals surface area contributed by atoms with Gasteiger partial charge < -0.3 is 9.80 Å². The number of carbonyl (C=O) groups excluding carboxylic acids is 2. The SMILES string of the molecule is C/N=C/C=C\C=C\C=C\c1ccc(N(C)CCSC(=O)c2ccc(C(=O)SCCN(C)c3ccc(/C=C/c4cccc[n+]4C)cc3)cc2)cc1. The smallest absolute Gasteiger partial charge is 0.219 e. The molecule has 50 heavy (non-hydrogen) atoms. The molecule has 0 N–H and O–H groups in total. The molecule has 0 spiro atoms. The van der Waals surface area contributed by atoms with Crippen molar-refractivity contribution in [2.75, 3.05) is 55.5 Å². The van der Waals surface area contributed by atoms with Gasteiger partial charge in [-0.3, -0.25) is 14.6 Å². The number of allylic oxidation sites excluding steroid dienone is 5. The zero-order valence-corrected chi connectivity index (χ0v) is 30.8. The van der Waals surface area contributed by atoms with Crippen molar-refractivity contribution in [1.82, 2.24) is 0 Å². The van der Waals surface area contributed by atoms with E-state index in [0.29, 0.717) is 22.6 Å². The Morgan fingerprint density at radius 2 is 1.14 bits per heavy atom. The number of aryl methyl sites for hydroxylation is 1. The molecular formula is C42H45N4O2S2+. The van der Waals surface area contributed by atoms with Crippen molar-refractivity contribution in [1.29, 1.82) is 0 Å². The quantitative estimate of drug-likeness (QED) is 0.0664. The lowest BCUT2D eigenvalue weighted by molar-refractivity contribution is -0.673. The van der Waals surface area contributed by atoms with E-state index >= 15 is 0 Å². The normalized spacial score (nSPS) is 11.8. The van der Waals surface area contributed by atoms with Gasteiger partial charge in [0.05, 0.1) is 0 Å². The van der Waals surface area contributed by atoms with Crippen LogP contribution in [0, 0.1) is 0 Å². The second-order valence-corrected chi connectivity index (χ2v) is 13.6. The Kier molecular flexibility index (Phi) is 15.6. The average Bonchev–Trinajstić information content (AvgIpc) is 3.14. The van der Waals surface area contributed by atoms with E-state index in [-0.39, 0.29) is 10.2 Å². The fourth-order valence-electron chi connectivity index (χ4n) is 4.78. The van der Waals surface area contributed by atoms with Gasteiger partial charge in [-0.2, -0.15) is 0 Å². The monoisotopic (exact) mass is 701 g/mol. The number of carbonyl (C=O) groups is 2. The maximum Gasteiger partial charge on any atom is 0.219 e. The van der Waals surface area contributed by atoms with E-state index < -0.39 is 0 Å². The molecule has 0 saturated carbocycles. The summed E-state index contributed by atoms with van der Waals surface area (Å²) in [7, 11) is 7.84.